The lowest BCUT2D eigenvalue weighted by Crippen LogP contribution is -2.20. The zero-order valence-electron chi connectivity index (χ0n) is 9.60. The summed E-state index contributed by atoms with van der Waals surface area (Å²) in [5.74, 6) is 1.14. The predicted octanol–water partition coefficient (Wildman–Crippen LogP) is 0.688. The van der Waals surface area contributed by atoms with Crippen molar-refractivity contribution in [3.63, 3.8) is 0 Å². The third kappa shape index (κ3) is 1.44. The van der Waals surface area contributed by atoms with Gasteiger partial charge < -0.3 is 4.74 Å². The van der Waals surface area contributed by atoms with Crippen molar-refractivity contribution < 1.29 is 4.74 Å². The highest BCUT2D eigenvalue weighted by Crippen LogP contribution is 2.45. The molecule has 0 spiro atoms. The van der Waals surface area contributed by atoms with Crippen LogP contribution in [-0.4, -0.2) is 26.8 Å². The summed E-state index contributed by atoms with van der Waals surface area (Å²) in [6.07, 6.45) is 4.10. The van der Waals surface area contributed by atoms with Crippen LogP contribution in [0.3, 0.4) is 0 Å². The maximum absolute atomic E-state index is 11.5. The second kappa shape index (κ2) is 3.44. The topological polar surface area (TPSA) is 72.8 Å². The largest absolute Gasteiger partial charge is 0.493 e. The fourth-order valence-electron chi connectivity index (χ4n) is 2.06. The van der Waals surface area contributed by atoms with Crippen molar-refractivity contribution in [1.82, 2.24) is 20.2 Å². The summed E-state index contributed by atoms with van der Waals surface area (Å²) in [6, 6.07) is 0. The zero-order valence-corrected chi connectivity index (χ0v) is 9.60. The first-order valence-electron chi connectivity index (χ1n) is 5.51. The summed E-state index contributed by atoms with van der Waals surface area (Å²) in [5.41, 5.74) is 2.53. The van der Waals surface area contributed by atoms with Crippen LogP contribution in [0.1, 0.15) is 13.8 Å². The van der Waals surface area contributed by atoms with E-state index in [4.69, 9.17) is 4.74 Å². The van der Waals surface area contributed by atoms with Gasteiger partial charge in [0.15, 0.2) is 0 Å². The normalized spacial score (nSPS) is 21.9. The Labute approximate surface area is 97.3 Å². The van der Waals surface area contributed by atoms with E-state index < -0.39 is 0 Å². The Morgan fingerprint density at radius 1 is 1.53 bits per heavy atom. The van der Waals surface area contributed by atoms with Crippen LogP contribution in [0.15, 0.2) is 33.9 Å². The zero-order chi connectivity index (χ0) is 12.0. The van der Waals surface area contributed by atoms with Crippen molar-refractivity contribution in [2.24, 2.45) is 5.92 Å². The number of hydrogen-bond acceptors (Lipinski definition) is 4. The van der Waals surface area contributed by atoms with Gasteiger partial charge in [0.25, 0.3) is 0 Å². The molecule has 3 rings (SSSR count). The number of fused-ring (bicyclic) bond motifs is 1. The first kappa shape index (κ1) is 10.1. The van der Waals surface area contributed by atoms with Crippen molar-refractivity contribution in [2.75, 3.05) is 6.61 Å². The average molecular weight is 232 g/mol. The maximum Gasteiger partial charge on any atom is 0.365 e. The fraction of sp³-hybridized carbons (Fsp3) is 0.364. The number of nitrogens with one attached hydrogen (secondary N) is 1. The first-order valence-corrected chi connectivity index (χ1v) is 5.51. The van der Waals surface area contributed by atoms with Crippen LogP contribution >= 0.6 is 0 Å². The molecule has 0 radical (unpaired) electrons. The van der Waals surface area contributed by atoms with Gasteiger partial charge >= 0.3 is 5.69 Å². The number of aromatic amines is 1. The number of nitrogens with zero attached hydrogens (tertiary/aromatic N) is 3. The third-order valence-corrected chi connectivity index (χ3v) is 2.92. The molecule has 1 unspecified atom stereocenters. The van der Waals surface area contributed by atoms with E-state index in [2.05, 4.69) is 21.6 Å². The number of ether oxygens (including phenoxy) is 1. The minimum Gasteiger partial charge on any atom is -0.493 e. The molecular weight excluding hydrogens is 220 g/mol. The van der Waals surface area contributed by atoms with Gasteiger partial charge in [-0.1, -0.05) is 6.08 Å². The molecule has 1 N–H and O–H groups in total. The van der Waals surface area contributed by atoms with Gasteiger partial charge in [0.05, 0.1) is 12.3 Å². The van der Waals surface area contributed by atoms with Crippen LogP contribution in [0.5, 0.6) is 0 Å². The van der Waals surface area contributed by atoms with Gasteiger partial charge in [-0.3, -0.25) is 0 Å². The lowest BCUT2D eigenvalue weighted by molar-refractivity contribution is 0.235. The van der Waals surface area contributed by atoms with E-state index in [-0.39, 0.29) is 11.6 Å². The molecule has 1 atom stereocenters. The minimum absolute atomic E-state index is 0.277. The van der Waals surface area contributed by atoms with E-state index in [0.29, 0.717) is 6.61 Å². The van der Waals surface area contributed by atoms with Crippen LogP contribution in [0.4, 0.5) is 0 Å². The van der Waals surface area contributed by atoms with Gasteiger partial charge in [-0.25, -0.2) is 9.89 Å². The van der Waals surface area contributed by atoms with E-state index in [0.717, 1.165) is 17.0 Å². The number of H-pyrrole nitrogens is 1. The highest BCUT2D eigenvalue weighted by atomic mass is 16.5. The molecule has 0 fully saturated rings. The van der Waals surface area contributed by atoms with E-state index in [1.807, 2.05) is 19.9 Å². The third-order valence-electron chi connectivity index (χ3n) is 2.92. The minimum atomic E-state index is -0.337. The summed E-state index contributed by atoms with van der Waals surface area (Å²) in [7, 11) is 0. The van der Waals surface area contributed by atoms with Gasteiger partial charge in [-0.15, -0.1) is 0 Å². The van der Waals surface area contributed by atoms with Crippen LogP contribution in [-0.2, 0) is 4.74 Å². The Hall–Kier alpha value is -2.11. The molecule has 6 heteroatoms. The molecule has 0 aromatic carbocycles. The highest BCUT2D eigenvalue weighted by molar-refractivity contribution is 5.74. The van der Waals surface area contributed by atoms with Crippen molar-refractivity contribution in [1.29, 1.82) is 0 Å². The monoisotopic (exact) mass is 232 g/mol. The van der Waals surface area contributed by atoms with E-state index in [1.165, 1.54) is 10.3 Å². The second-order valence-electron chi connectivity index (χ2n) is 4.01. The smallest absolute Gasteiger partial charge is 0.365 e. The van der Waals surface area contributed by atoms with Crippen LogP contribution in [0, 0.1) is 5.92 Å². The van der Waals surface area contributed by atoms with Gasteiger partial charge in [-0.2, -0.15) is 4.68 Å². The molecule has 6 nitrogen and oxygen atoms in total. The van der Waals surface area contributed by atoms with Crippen molar-refractivity contribution in [3.8, 4) is 0 Å². The Morgan fingerprint density at radius 2 is 2.35 bits per heavy atom. The molecule has 17 heavy (non-hydrogen) atoms. The summed E-state index contributed by atoms with van der Waals surface area (Å²) in [6.45, 7) is 4.48. The number of tetrazole rings is 1. The Balaban J connectivity index is 2.08. The molecular formula is C11H12N4O2. The van der Waals surface area contributed by atoms with E-state index >= 15 is 0 Å². The molecule has 0 aliphatic heterocycles. The Morgan fingerprint density at radius 3 is 3.00 bits per heavy atom. The molecule has 0 amide bonds. The van der Waals surface area contributed by atoms with Crippen molar-refractivity contribution in [3.05, 3.63) is 39.5 Å². The number of aromatic nitrogens is 4. The highest BCUT2D eigenvalue weighted by Gasteiger charge is 2.35. The molecule has 1 aromatic heterocycles. The van der Waals surface area contributed by atoms with Gasteiger partial charge in [0.2, 0.25) is 0 Å². The van der Waals surface area contributed by atoms with Crippen molar-refractivity contribution >= 4 is 5.70 Å². The Bertz CT molecular complexity index is 617. The molecule has 0 bridgehead atoms. The molecule has 2 aliphatic carbocycles. The average Bonchev–Trinajstić information content (AvgIpc) is 2.96. The molecule has 0 saturated heterocycles. The quantitative estimate of drug-likeness (QED) is 0.832. The van der Waals surface area contributed by atoms with Gasteiger partial charge in [-0.05, 0) is 30.4 Å². The molecule has 0 saturated carbocycles. The van der Waals surface area contributed by atoms with E-state index in [9.17, 15) is 4.79 Å². The lowest BCUT2D eigenvalue weighted by Gasteiger charge is -2.17. The number of rotatable bonds is 3. The SMILES string of the molecule is CCOC1=C(C)C(n2nn[nH]c2=O)=CC2C=C12. The van der Waals surface area contributed by atoms with Crippen molar-refractivity contribution in [2.45, 2.75) is 13.8 Å². The predicted molar refractivity (Wildman–Crippen MR) is 60.8 cm³/mol. The van der Waals surface area contributed by atoms with Crippen LogP contribution in [0.2, 0.25) is 0 Å². The summed E-state index contributed by atoms with van der Waals surface area (Å²) < 4.78 is 6.88. The van der Waals surface area contributed by atoms with Gasteiger partial charge in [0, 0.05) is 17.1 Å². The Kier molecular flexibility index (Phi) is 2.04. The summed E-state index contributed by atoms with van der Waals surface area (Å²) >= 11 is 0. The lowest BCUT2D eigenvalue weighted by atomic mass is 10.0. The fourth-order valence-corrected chi connectivity index (χ4v) is 2.06. The molecule has 88 valence electrons. The van der Waals surface area contributed by atoms with Crippen LogP contribution < -0.4 is 5.69 Å². The van der Waals surface area contributed by atoms with Crippen LogP contribution in [0.25, 0.3) is 5.70 Å². The standard InChI is InChI=1S/C11H12N4O2/c1-3-17-10-6(2)9(5-7-4-8(7)10)15-11(16)12-13-14-15/h4-5,7H,3H2,1-2H3,(H,12,14,16). The molecule has 1 heterocycles. The first-order chi connectivity index (χ1) is 8.22. The second-order valence-corrected chi connectivity index (χ2v) is 4.01. The maximum atomic E-state index is 11.5. The number of allylic oxidation sites excluding steroid dienone is 5. The molecule has 1 aromatic rings. The van der Waals surface area contributed by atoms with E-state index in [1.54, 1.807) is 0 Å². The number of hydrogen-bond donors (Lipinski definition) is 1. The van der Waals surface area contributed by atoms with Gasteiger partial charge in [0.1, 0.15) is 5.76 Å². The summed E-state index contributed by atoms with van der Waals surface area (Å²) in [4.78, 5) is 11.5. The summed E-state index contributed by atoms with van der Waals surface area (Å²) in [5, 5.41) is 9.54. The molecule has 2 aliphatic rings.